The SMILES string of the molecule is CCCCC1=CCC(C(C)(c2ccccc2)c2ccccc2)=[C]1[Ti+3].[Cl-].[Cl-].[Cl-]. The predicted molar refractivity (Wildman–Crippen MR) is 98.6 cm³/mol. The summed E-state index contributed by atoms with van der Waals surface area (Å²) in [5.74, 6) is 0. The van der Waals surface area contributed by atoms with Gasteiger partial charge < -0.3 is 37.2 Å². The molecule has 4 heteroatoms. The number of rotatable bonds is 6. The molecule has 0 amide bonds. The average Bonchev–Trinajstić information content (AvgIpc) is 3.02. The van der Waals surface area contributed by atoms with Gasteiger partial charge >= 0.3 is 158 Å². The third kappa shape index (κ3) is 5.52. The van der Waals surface area contributed by atoms with Gasteiger partial charge in [0.15, 0.2) is 0 Å². The third-order valence-electron chi connectivity index (χ3n) is 5.28. The Balaban J connectivity index is 0.00000225. The maximum Gasteiger partial charge on any atom is -1.00 e. The van der Waals surface area contributed by atoms with Gasteiger partial charge in [-0.3, -0.25) is 0 Å². The first-order valence-electron chi connectivity index (χ1n) is 8.93. The zero-order valence-corrected chi connectivity index (χ0v) is 19.6. The van der Waals surface area contributed by atoms with Crippen molar-refractivity contribution >= 4 is 0 Å². The Morgan fingerprint density at radius 1 is 0.852 bits per heavy atom. The van der Waals surface area contributed by atoms with E-state index in [0.29, 0.717) is 0 Å². The molecule has 0 aliphatic heterocycles. The number of halogens is 3. The second kappa shape index (κ2) is 12.1. The van der Waals surface area contributed by atoms with Gasteiger partial charge in [-0.1, -0.05) is 0 Å². The van der Waals surface area contributed by atoms with Gasteiger partial charge in [-0.05, 0) is 0 Å². The minimum absolute atomic E-state index is 0. The molecule has 142 valence electrons. The molecule has 27 heavy (non-hydrogen) atoms. The summed E-state index contributed by atoms with van der Waals surface area (Å²) in [6.07, 6.45) is 7.29. The smallest absolute Gasteiger partial charge is 1.00 e. The van der Waals surface area contributed by atoms with E-state index in [0.717, 1.165) is 6.42 Å². The van der Waals surface area contributed by atoms with Gasteiger partial charge in [-0.2, -0.15) is 0 Å². The van der Waals surface area contributed by atoms with Crippen LogP contribution in [0.3, 0.4) is 0 Å². The molecule has 0 atom stereocenters. The van der Waals surface area contributed by atoms with Gasteiger partial charge in [-0.15, -0.1) is 0 Å². The van der Waals surface area contributed by atoms with Crippen LogP contribution in [-0.4, -0.2) is 0 Å². The van der Waals surface area contributed by atoms with Crippen molar-refractivity contribution in [3.8, 4) is 0 Å². The van der Waals surface area contributed by atoms with E-state index in [1.807, 2.05) is 0 Å². The molecule has 0 spiro atoms. The summed E-state index contributed by atoms with van der Waals surface area (Å²) in [5, 5.41) is 0. The van der Waals surface area contributed by atoms with E-state index in [1.54, 1.807) is 11.1 Å². The molecular weight excluding hydrogens is 430 g/mol. The quantitative estimate of drug-likeness (QED) is 0.417. The van der Waals surface area contributed by atoms with E-state index in [1.165, 1.54) is 34.3 Å². The van der Waals surface area contributed by atoms with Crippen molar-refractivity contribution in [2.45, 2.75) is 44.9 Å². The van der Waals surface area contributed by atoms with Crippen LogP contribution >= 0.6 is 0 Å². The van der Waals surface area contributed by atoms with Crippen LogP contribution in [0.1, 0.15) is 50.7 Å². The van der Waals surface area contributed by atoms with Crippen molar-refractivity contribution in [2.24, 2.45) is 0 Å². The van der Waals surface area contributed by atoms with Crippen molar-refractivity contribution < 1.29 is 57.7 Å². The topological polar surface area (TPSA) is 0 Å². The first-order chi connectivity index (χ1) is 11.7. The predicted octanol–water partition coefficient (Wildman–Crippen LogP) is -2.67. The molecule has 0 bridgehead atoms. The molecule has 0 nitrogen and oxygen atoms in total. The molecular formula is C23H25Cl3Ti. The fourth-order valence-electron chi connectivity index (χ4n) is 3.73. The zero-order valence-electron chi connectivity index (χ0n) is 15.8. The second-order valence-electron chi connectivity index (χ2n) is 6.75. The van der Waals surface area contributed by atoms with E-state index in [4.69, 9.17) is 0 Å². The van der Waals surface area contributed by atoms with Crippen LogP contribution in [0.2, 0.25) is 0 Å². The van der Waals surface area contributed by atoms with Crippen molar-refractivity contribution in [3.63, 3.8) is 0 Å². The zero-order chi connectivity index (χ0) is 17.0. The number of hydrogen-bond donors (Lipinski definition) is 0. The fraction of sp³-hybridized carbons (Fsp3) is 0.304. The second-order valence-corrected chi connectivity index (χ2v) is 7.53. The average molecular weight is 456 g/mol. The minimum Gasteiger partial charge on any atom is -1.00 e. The number of hydrogen-bond acceptors (Lipinski definition) is 0. The van der Waals surface area contributed by atoms with Crippen LogP contribution in [0, 0.1) is 0 Å². The van der Waals surface area contributed by atoms with E-state index in [-0.39, 0.29) is 42.6 Å². The van der Waals surface area contributed by atoms with Crippen molar-refractivity contribution in [2.75, 3.05) is 0 Å². The molecule has 1 aliphatic rings. The van der Waals surface area contributed by atoms with E-state index < -0.39 is 0 Å². The van der Waals surface area contributed by atoms with Crippen molar-refractivity contribution in [1.82, 2.24) is 0 Å². The maximum atomic E-state index is 2.46. The van der Waals surface area contributed by atoms with Crippen LogP contribution in [0.25, 0.3) is 0 Å². The van der Waals surface area contributed by atoms with Crippen LogP contribution in [0.5, 0.6) is 0 Å². The monoisotopic (exact) mass is 454 g/mol. The molecule has 0 radical (unpaired) electrons. The molecule has 2 aromatic carbocycles. The van der Waals surface area contributed by atoms with Crippen LogP contribution in [0.15, 0.2) is 81.8 Å². The Kier molecular flexibility index (Phi) is 11.9. The van der Waals surface area contributed by atoms with Crippen molar-refractivity contribution in [1.29, 1.82) is 0 Å². The first kappa shape index (κ1) is 26.5. The van der Waals surface area contributed by atoms with E-state index in [2.05, 4.69) is 101 Å². The molecule has 0 fully saturated rings. The molecule has 0 heterocycles. The standard InChI is InChI=1S/C23H25.3ClH.Ti/c1-3-4-11-19-16-17-22(18-19)23(2,20-12-7-5-8-13-20)21-14-9-6-10-15-21;;;;/h5-10,12-16H,3-4,11,17H2,1-2H3;3*1H;/q;;;;+3/p-3. The Hall–Kier alpha value is -0.496. The molecule has 0 aromatic heterocycles. The van der Waals surface area contributed by atoms with Crippen molar-refractivity contribution in [3.05, 3.63) is 92.9 Å². The number of benzene rings is 2. The number of unbranched alkanes of at least 4 members (excludes halogenated alkanes) is 1. The van der Waals surface area contributed by atoms with Gasteiger partial charge in [0.05, 0.1) is 0 Å². The maximum absolute atomic E-state index is 2.46. The van der Waals surface area contributed by atoms with Gasteiger partial charge in [0.25, 0.3) is 0 Å². The molecule has 0 saturated heterocycles. The summed E-state index contributed by atoms with van der Waals surface area (Å²) in [7, 11) is 0. The summed E-state index contributed by atoms with van der Waals surface area (Å²) >= 11 is 2.33. The Labute approximate surface area is 194 Å². The Morgan fingerprint density at radius 3 is 1.78 bits per heavy atom. The number of allylic oxidation sites excluding steroid dienone is 4. The first-order valence-corrected chi connectivity index (χ1v) is 9.71. The van der Waals surface area contributed by atoms with Gasteiger partial charge in [0.1, 0.15) is 0 Å². The molecule has 2 aromatic rings. The Bertz CT molecular complexity index is 712. The summed E-state index contributed by atoms with van der Waals surface area (Å²) in [4.78, 5) is 0. The third-order valence-corrected chi connectivity index (χ3v) is 6.25. The molecule has 0 N–H and O–H groups in total. The van der Waals surface area contributed by atoms with Crippen LogP contribution < -0.4 is 37.2 Å². The minimum atomic E-state index is -0.0585. The summed E-state index contributed by atoms with van der Waals surface area (Å²) in [5.41, 5.74) is 5.83. The van der Waals surface area contributed by atoms with Crippen LogP contribution in [-0.2, 0) is 25.9 Å². The summed E-state index contributed by atoms with van der Waals surface area (Å²) in [6, 6.07) is 22.0. The summed E-state index contributed by atoms with van der Waals surface area (Å²) < 4.78 is 1.51. The summed E-state index contributed by atoms with van der Waals surface area (Å²) in [6.45, 7) is 4.67. The van der Waals surface area contributed by atoms with E-state index in [9.17, 15) is 0 Å². The molecule has 1 aliphatic carbocycles. The molecule has 0 unspecified atom stereocenters. The fourth-order valence-corrected chi connectivity index (χ4v) is 4.63. The normalized spacial score (nSPS) is 13.3. The van der Waals surface area contributed by atoms with E-state index >= 15 is 0 Å². The largest absolute Gasteiger partial charge is 1.00 e. The molecule has 0 saturated carbocycles. The van der Waals surface area contributed by atoms with Gasteiger partial charge in [0, 0.05) is 0 Å². The van der Waals surface area contributed by atoms with Crippen LogP contribution in [0.4, 0.5) is 0 Å². The van der Waals surface area contributed by atoms with Gasteiger partial charge in [-0.25, -0.2) is 0 Å². The molecule has 3 rings (SSSR count). The van der Waals surface area contributed by atoms with Gasteiger partial charge in [0.2, 0.25) is 0 Å². The Morgan fingerprint density at radius 2 is 1.33 bits per heavy atom.